The van der Waals surface area contributed by atoms with Crippen molar-refractivity contribution in [2.24, 2.45) is 0 Å². The van der Waals surface area contributed by atoms with Gasteiger partial charge in [0.05, 0.1) is 0 Å². The van der Waals surface area contributed by atoms with Crippen LogP contribution in [0.2, 0.25) is 0 Å². The van der Waals surface area contributed by atoms with Crippen molar-refractivity contribution in [1.29, 1.82) is 0 Å². The van der Waals surface area contributed by atoms with Crippen molar-refractivity contribution < 1.29 is 0 Å². The van der Waals surface area contributed by atoms with Crippen LogP contribution in [0.1, 0.15) is 70.2 Å². The summed E-state index contributed by atoms with van der Waals surface area (Å²) < 4.78 is 0. The Morgan fingerprint density at radius 2 is 0.880 bits per heavy atom. The van der Waals surface area contributed by atoms with Gasteiger partial charge in [0.2, 0.25) is 0 Å². The van der Waals surface area contributed by atoms with Crippen molar-refractivity contribution in [1.82, 2.24) is 0 Å². The van der Waals surface area contributed by atoms with E-state index in [1.165, 1.54) is 28.7 Å². The first-order valence-corrected chi connectivity index (χ1v) is 9.56. The third-order valence-corrected chi connectivity index (χ3v) is 3.82. The minimum atomic E-state index is 1.12. The number of hydrogen-bond acceptors (Lipinski definition) is 0. The van der Waals surface area contributed by atoms with E-state index in [4.69, 9.17) is 0 Å². The predicted octanol–water partition coefficient (Wildman–Crippen LogP) is 7.98. The SMILES string of the molecule is C=C(C)c1ccc(CCCc2ccc(C(=C)C)cc2)cc1.CC.CC. The first-order valence-electron chi connectivity index (χ1n) is 9.56. The molecule has 0 bridgehead atoms. The molecule has 0 saturated carbocycles. The summed E-state index contributed by atoms with van der Waals surface area (Å²) in [5, 5.41) is 0. The molecule has 25 heavy (non-hydrogen) atoms. The van der Waals surface area contributed by atoms with Crippen LogP contribution in [0.25, 0.3) is 11.1 Å². The zero-order valence-electron chi connectivity index (χ0n) is 17.2. The highest BCUT2D eigenvalue weighted by Crippen LogP contribution is 2.16. The molecule has 0 aliphatic heterocycles. The second kappa shape index (κ2) is 13.2. The molecule has 0 unspecified atom stereocenters. The highest BCUT2D eigenvalue weighted by Gasteiger charge is 1.98. The standard InChI is InChI=1S/C21H24.2C2H6/c1-16(2)20-12-8-18(9-13-20)6-5-7-19-10-14-21(15-11-19)17(3)4;2*1-2/h8-15H,1,3,5-7H2,2,4H3;2*1-2H3. The van der Waals surface area contributed by atoms with Gasteiger partial charge in [-0.3, -0.25) is 0 Å². The average molecular weight is 337 g/mol. The molecule has 2 aromatic carbocycles. The van der Waals surface area contributed by atoms with Gasteiger partial charge in [0.1, 0.15) is 0 Å². The summed E-state index contributed by atoms with van der Waals surface area (Å²) in [7, 11) is 0. The van der Waals surface area contributed by atoms with Gasteiger partial charge in [-0.15, -0.1) is 0 Å². The van der Waals surface area contributed by atoms with Gasteiger partial charge in [-0.05, 0) is 55.4 Å². The maximum absolute atomic E-state index is 3.97. The van der Waals surface area contributed by atoms with E-state index in [-0.39, 0.29) is 0 Å². The molecule has 2 rings (SSSR count). The number of aryl methyl sites for hydroxylation is 2. The van der Waals surface area contributed by atoms with Crippen LogP contribution < -0.4 is 0 Å². The van der Waals surface area contributed by atoms with Crippen molar-refractivity contribution in [3.8, 4) is 0 Å². The zero-order valence-corrected chi connectivity index (χ0v) is 17.2. The third kappa shape index (κ3) is 8.54. The molecule has 0 amide bonds. The summed E-state index contributed by atoms with van der Waals surface area (Å²) in [5.41, 5.74) is 7.51. The van der Waals surface area contributed by atoms with E-state index in [2.05, 4.69) is 61.7 Å². The Morgan fingerprint density at radius 1 is 0.600 bits per heavy atom. The van der Waals surface area contributed by atoms with Crippen LogP contribution in [0.3, 0.4) is 0 Å². The molecule has 0 nitrogen and oxygen atoms in total. The number of rotatable bonds is 6. The first-order chi connectivity index (χ1) is 12.1. The quantitative estimate of drug-likeness (QED) is 0.501. The van der Waals surface area contributed by atoms with E-state index in [9.17, 15) is 0 Å². The third-order valence-electron chi connectivity index (χ3n) is 3.82. The first kappa shape index (κ1) is 22.9. The summed E-state index contributed by atoms with van der Waals surface area (Å²) in [6.07, 6.45) is 3.43. The largest absolute Gasteiger partial charge is 0.0955 e. The number of benzene rings is 2. The lowest BCUT2D eigenvalue weighted by Crippen LogP contribution is -1.91. The van der Waals surface area contributed by atoms with Crippen molar-refractivity contribution in [3.63, 3.8) is 0 Å². The normalized spacial score (nSPS) is 9.20. The minimum Gasteiger partial charge on any atom is -0.0955 e. The van der Waals surface area contributed by atoms with Crippen molar-refractivity contribution in [2.45, 2.75) is 60.8 Å². The molecule has 0 fully saturated rings. The van der Waals surface area contributed by atoms with Crippen molar-refractivity contribution in [3.05, 3.63) is 83.9 Å². The number of hydrogen-bond donors (Lipinski definition) is 0. The van der Waals surface area contributed by atoms with Gasteiger partial charge in [-0.1, -0.05) is 101 Å². The van der Waals surface area contributed by atoms with E-state index in [1.807, 2.05) is 41.5 Å². The van der Waals surface area contributed by atoms with Gasteiger partial charge in [0.25, 0.3) is 0 Å². The maximum Gasteiger partial charge on any atom is -0.0233 e. The van der Waals surface area contributed by atoms with Crippen LogP contribution in [0.15, 0.2) is 61.7 Å². The highest BCUT2D eigenvalue weighted by molar-refractivity contribution is 5.61. The fourth-order valence-electron chi connectivity index (χ4n) is 2.41. The van der Waals surface area contributed by atoms with Gasteiger partial charge in [-0.2, -0.15) is 0 Å². The zero-order chi connectivity index (χ0) is 19.2. The predicted molar refractivity (Wildman–Crippen MR) is 117 cm³/mol. The van der Waals surface area contributed by atoms with Crippen LogP contribution in [0.5, 0.6) is 0 Å². The second-order valence-corrected chi connectivity index (χ2v) is 5.81. The fourth-order valence-corrected chi connectivity index (χ4v) is 2.41. The van der Waals surface area contributed by atoms with Crippen LogP contribution in [0, 0.1) is 0 Å². The smallest absolute Gasteiger partial charge is 0.0233 e. The van der Waals surface area contributed by atoms with Crippen LogP contribution in [0.4, 0.5) is 0 Å². The molecule has 0 N–H and O–H groups in total. The molecule has 0 saturated heterocycles. The Morgan fingerprint density at radius 3 is 1.12 bits per heavy atom. The summed E-state index contributed by atoms with van der Waals surface area (Å²) >= 11 is 0. The Bertz CT molecular complexity index is 555. The van der Waals surface area contributed by atoms with E-state index in [0.717, 1.165) is 24.0 Å². The topological polar surface area (TPSA) is 0 Å². The molecule has 0 heterocycles. The Balaban J connectivity index is 0.00000134. The van der Waals surface area contributed by atoms with E-state index >= 15 is 0 Å². The fraction of sp³-hybridized carbons (Fsp3) is 0.360. The van der Waals surface area contributed by atoms with Crippen LogP contribution in [-0.4, -0.2) is 0 Å². The van der Waals surface area contributed by atoms with Gasteiger partial charge in [-0.25, -0.2) is 0 Å². The molecule has 0 aliphatic rings. The molecule has 136 valence electrons. The highest BCUT2D eigenvalue weighted by atomic mass is 14.0. The molecule has 0 aliphatic carbocycles. The molecular formula is C25H36. The van der Waals surface area contributed by atoms with Crippen molar-refractivity contribution >= 4 is 11.1 Å². The molecule has 0 spiro atoms. The lowest BCUT2D eigenvalue weighted by Gasteiger charge is -2.06. The monoisotopic (exact) mass is 336 g/mol. The molecule has 0 radical (unpaired) electrons. The Kier molecular flexibility index (Phi) is 12.1. The van der Waals surface area contributed by atoms with Crippen LogP contribution >= 0.6 is 0 Å². The van der Waals surface area contributed by atoms with Gasteiger partial charge in [0.15, 0.2) is 0 Å². The molecule has 0 heteroatoms. The molecular weight excluding hydrogens is 300 g/mol. The van der Waals surface area contributed by atoms with E-state index in [1.54, 1.807) is 0 Å². The van der Waals surface area contributed by atoms with Crippen molar-refractivity contribution in [2.75, 3.05) is 0 Å². The molecule has 2 aromatic rings. The molecule has 0 aromatic heterocycles. The average Bonchev–Trinajstić information content (AvgIpc) is 2.66. The summed E-state index contributed by atoms with van der Waals surface area (Å²) in [5.74, 6) is 0. The van der Waals surface area contributed by atoms with E-state index in [0.29, 0.717) is 0 Å². The van der Waals surface area contributed by atoms with Gasteiger partial charge in [0, 0.05) is 0 Å². The number of allylic oxidation sites excluding steroid dienone is 2. The summed E-state index contributed by atoms with van der Waals surface area (Å²) in [4.78, 5) is 0. The molecule has 0 atom stereocenters. The Hall–Kier alpha value is -2.08. The summed E-state index contributed by atoms with van der Waals surface area (Å²) in [6.45, 7) is 20.0. The van der Waals surface area contributed by atoms with Gasteiger partial charge < -0.3 is 0 Å². The minimum absolute atomic E-state index is 1.12. The second-order valence-electron chi connectivity index (χ2n) is 5.81. The van der Waals surface area contributed by atoms with Gasteiger partial charge >= 0.3 is 0 Å². The van der Waals surface area contributed by atoms with Crippen LogP contribution in [-0.2, 0) is 12.8 Å². The lowest BCUT2D eigenvalue weighted by atomic mass is 10.00. The maximum atomic E-state index is 3.97. The summed E-state index contributed by atoms with van der Waals surface area (Å²) in [6, 6.07) is 17.5. The Labute approximate surface area is 156 Å². The van der Waals surface area contributed by atoms with E-state index < -0.39 is 0 Å². The lowest BCUT2D eigenvalue weighted by molar-refractivity contribution is 0.820.